The van der Waals surface area contributed by atoms with E-state index >= 15 is 0 Å². The van der Waals surface area contributed by atoms with Gasteiger partial charge in [-0.25, -0.2) is 8.42 Å². The van der Waals surface area contributed by atoms with E-state index in [1.807, 2.05) is 0 Å². The normalized spacial score (nSPS) is 30.4. The van der Waals surface area contributed by atoms with Crippen LogP contribution in [0.1, 0.15) is 39.0 Å². The smallest absolute Gasteiger partial charge is 0.147 e. The fourth-order valence-corrected chi connectivity index (χ4v) is 2.93. The van der Waals surface area contributed by atoms with Crippen LogP contribution in [0.25, 0.3) is 0 Å². The fourth-order valence-electron chi connectivity index (χ4n) is 2.26. The standard InChI is InChI=1S/C12H25NO3S/c1-11-4-6-12(14,7-5-11)10-13-8-3-9-17(2,15)16/h11,13-14H,3-10H2,1-2H3. The summed E-state index contributed by atoms with van der Waals surface area (Å²) in [4.78, 5) is 0. The third kappa shape index (κ3) is 6.38. The molecule has 1 fully saturated rings. The molecule has 1 aliphatic carbocycles. The number of hydrogen-bond acceptors (Lipinski definition) is 4. The quantitative estimate of drug-likeness (QED) is 0.700. The van der Waals surface area contributed by atoms with Crippen LogP contribution in [-0.4, -0.2) is 44.2 Å². The molecule has 1 saturated carbocycles. The maximum absolute atomic E-state index is 10.9. The maximum Gasteiger partial charge on any atom is 0.147 e. The summed E-state index contributed by atoms with van der Waals surface area (Å²) in [6.07, 6.45) is 5.75. The molecule has 5 heteroatoms. The van der Waals surface area contributed by atoms with Gasteiger partial charge >= 0.3 is 0 Å². The lowest BCUT2D eigenvalue weighted by Crippen LogP contribution is -2.43. The highest BCUT2D eigenvalue weighted by Gasteiger charge is 2.31. The number of hydrogen-bond donors (Lipinski definition) is 2. The summed E-state index contributed by atoms with van der Waals surface area (Å²) >= 11 is 0. The van der Waals surface area contributed by atoms with E-state index < -0.39 is 15.4 Å². The van der Waals surface area contributed by atoms with E-state index in [0.29, 0.717) is 19.5 Å². The molecule has 0 amide bonds. The van der Waals surface area contributed by atoms with Crippen LogP contribution < -0.4 is 5.32 Å². The van der Waals surface area contributed by atoms with Crippen molar-refractivity contribution in [2.24, 2.45) is 5.92 Å². The van der Waals surface area contributed by atoms with Crippen molar-refractivity contribution < 1.29 is 13.5 Å². The second kappa shape index (κ2) is 6.16. The molecule has 102 valence electrons. The SMILES string of the molecule is CC1CCC(O)(CNCCCS(C)(=O)=O)CC1. The molecule has 0 radical (unpaired) electrons. The predicted molar refractivity (Wildman–Crippen MR) is 69.8 cm³/mol. The Kier molecular flexibility index (Phi) is 5.41. The Morgan fingerprint density at radius 1 is 1.35 bits per heavy atom. The molecule has 0 saturated heterocycles. The monoisotopic (exact) mass is 263 g/mol. The second-order valence-electron chi connectivity index (χ2n) is 5.57. The van der Waals surface area contributed by atoms with Crippen LogP contribution in [0, 0.1) is 5.92 Å². The highest BCUT2D eigenvalue weighted by molar-refractivity contribution is 7.90. The molecular formula is C12H25NO3S. The van der Waals surface area contributed by atoms with E-state index in [1.165, 1.54) is 6.26 Å². The van der Waals surface area contributed by atoms with Crippen LogP contribution in [0.4, 0.5) is 0 Å². The molecule has 4 nitrogen and oxygen atoms in total. The zero-order valence-electron chi connectivity index (χ0n) is 10.9. The van der Waals surface area contributed by atoms with Crippen molar-refractivity contribution in [3.8, 4) is 0 Å². The molecule has 0 spiro atoms. The van der Waals surface area contributed by atoms with Gasteiger partial charge in [0.15, 0.2) is 0 Å². The van der Waals surface area contributed by atoms with Crippen LogP contribution >= 0.6 is 0 Å². The molecule has 17 heavy (non-hydrogen) atoms. The molecule has 2 N–H and O–H groups in total. The molecule has 0 bridgehead atoms. The summed E-state index contributed by atoms with van der Waals surface area (Å²) in [5.41, 5.74) is -0.572. The zero-order valence-corrected chi connectivity index (χ0v) is 11.7. The Morgan fingerprint density at radius 2 is 1.94 bits per heavy atom. The average Bonchev–Trinajstić information content (AvgIpc) is 2.21. The lowest BCUT2D eigenvalue weighted by molar-refractivity contribution is -0.00586. The van der Waals surface area contributed by atoms with E-state index in [4.69, 9.17) is 0 Å². The van der Waals surface area contributed by atoms with Gasteiger partial charge in [-0.1, -0.05) is 6.92 Å². The first-order chi connectivity index (χ1) is 7.81. The van der Waals surface area contributed by atoms with Gasteiger partial charge in [-0.3, -0.25) is 0 Å². The summed E-state index contributed by atoms with van der Waals surface area (Å²) in [6, 6.07) is 0. The first kappa shape index (κ1) is 14.9. The van der Waals surface area contributed by atoms with Crippen molar-refractivity contribution in [2.75, 3.05) is 25.1 Å². The van der Waals surface area contributed by atoms with Crippen LogP contribution in [0.15, 0.2) is 0 Å². The van der Waals surface area contributed by atoms with Gasteiger partial charge in [0.2, 0.25) is 0 Å². The summed E-state index contributed by atoms with van der Waals surface area (Å²) < 4.78 is 21.8. The third-order valence-corrected chi connectivity index (χ3v) is 4.56. The van der Waals surface area contributed by atoms with E-state index in [2.05, 4.69) is 12.2 Å². The second-order valence-corrected chi connectivity index (χ2v) is 7.83. The highest BCUT2D eigenvalue weighted by Crippen LogP contribution is 2.31. The van der Waals surface area contributed by atoms with Crippen molar-refractivity contribution in [1.82, 2.24) is 5.32 Å². The molecule has 0 heterocycles. The van der Waals surface area contributed by atoms with Crippen molar-refractivity contribution in [3.05, 3.63) is 0 Å². The van der Waals surface area contributed by atoms with E-state index in [9.17, 15) is 13.5 Å². The molecule has 1 rings (SSSR count). The Hall–Kier alpha value is -0.130. The Balaban J connectivity index is 2.14. The molecule has 0 unspecified atom stereocenters. The van der Waals surface area contributed by atoms with Crippen molar-refractivity contribution >= 4 is 9.84 Å². The summed E-state index contributed by atoms with van der Waals surface area (Å²) in [5, 5.41) is 13.4. The van der Waals surface area contributed by atoms with Crippen molar-refractivity contribution in [1.29, 1.82) is 0 Å². The number of nitrogens with one attached hydrogen (secondary N) is 1. The summed E-state index contributed by atoms with van der Waals surface area (Å²) in [6.45, 7) is 3.47. The minimum Gasteiger partial charge on any atom is -0.389 e. The van der Waals surface area contributed by atoms with E-state index in [-0.39, 0.29) is 5.75 Å². The number of rotatable bonds is 6. The molecule has 1 aliphatic rings. The van der Waals surface area contributed by atoms with Crippen LogP contribution in [0.2, 0.25) is 0 Å². The van der Waals surface area contributed by atoms with Gasteiger partial charge in [0.05, 0.1) is 11.4 Å². The molecular weight excluding hydrogens is 238 g/mol. The first-order valence-corrected chi connectivity index (χ1v) is 8.48. The number of sulfone groups is 1. The Morgan fingerprint density at radius 3 is 2.47 bits per heavy atom. The summed E-state index contributed by atoms with van der Waals surface area (Å²) in [5.74, 6) is 0.940. The first-order valence-electron chi connectivity index (χ1n) is 6.42. The van der Waals surface area contributed by atoms with Gasteiger partial charge < -0.3 is 10.4 Å². The van der Waals surface area contributed by atoms with Crippen LogP contribution in [0.3, 0.4) is 0 Å². The van der Waals surface area contributed by atoms with Gasteiger partial charge in [0, 0.05) is 12.8 Å². The van der Waals surface area contributed by atoms with Gasteiger partial charge in [-0.15, -0.1) is 0 Å². The van der Waals surface area contributed by atoms with E-state index in [1.54, 1.807) is 0 Å². The van der Waals surface area contributed by atoms with Crippen LogP contribution in [0.5, 0.6) is 0 Å². The summed E-state index contributed by atoms with van der Waals surface area (Å²) in [7, 11) is -2.85. The third-order valence-electron chi connectivity index (χ3n) is 3.53. The minimum atomic E-state index is -2.85. The highest BCUT2D eigenvalue weighted by atomic mass is 32.2. The lowest BCUT2D eigenvalue weighted by Gasteiger charge is -2.35. The maximum atomic E-state index is 10.9. The van der Waals surface area contributed by atoms with Gasteiger partial charge in [0.25, 0.3) is 0 Å². The fraction of sp³-hybridized carbons (Fsp3) is 1.00. The molecule has 0 atom stereocenters. The average molecular weight is 263 g/mol. The zero-order chi connectivity index (χ0) is 12.9. The van der Waals surface area contributed by atoms with Gasteiger partial charge in [-0.05, 0) is 44.6 Å². The van der Waals surface area contributed by atoms with Crippen LogP contribution in [-0.2, 0) is 9.84 Å². The largest absolute Gasteiger partial charge is 0.389 e. The Bertz CT molecular complexity index is 319. The number of aliphatic hydroxyl groups is 1. The molecule has 0 aliphatic heterocycles. The molecule has 0 aromatic carbocycles. The topological polar surface area (TPSA) is 66.4 Å². The van der Waals surface area contributed by atoms with Crippen molar-refractivity contribution in [3.63, 3.8) is 0 Å². The minimum absolute atomic E-state index is 0.218. The lowest BCUT2D eigenvalue weighted by atomic mass is 9.79. The Labute approximate surface area is 105 Å². The molecule has 0 aromatic rings. The van der Waals surface area contributed by atoms with Gasteiger partial charge in [-0.2, -0.15) is 0 Å². The van der Waals surface area contributed by atoms with Crippen molar-refractivity contribution in [2.45, 2.75) is 44.6 Å². The molecule has 0 aromatic heterocycles. The van der Waals surface area contributed by atoms with E-state index in [0.717, 1.165) is 31.6 Å². The van der Waals surface area contributed by atoms with Gasteiger partial charge in [0.1, 0.15) is 9.84 Å². The predicted octanol–water partition coefficient (Wildman–Crippen LogP) is 0.952.